The third-order valence-corrected chi connectivity index (χ3v) is 5.10. The Labute approximate surface area is 171 Å². The van der Waals surface area contributed by atoms with E-state index in [0.29, 0.717) is 38.5 Å². The topological polar surface area (TPSA) is 58.4 Å². The second kappa shape index (κ2) is 8.35. The number of benzene rings is 2. The molecule has 0 bridgehead atoms. The van der Waals surface area contributed by atoms with Crippen LogP contribution in [-0.2, 0) is 13.2 Å². The summed E-state index contributed by atoms with van der Waals surface area (Å²) < 4.78 is 2.48. The molecule has 27 heavy (non-hydrogen) atoms. The molecule has 0 radical (unpaired) electrons. The number of imidazole rings is 1. The fourth-order valence-electron chi connectivity index (χ4n) is 2.93. The third-order valence-electron chi connectivity index (χ3n) is 4.11. The summed E-state index contributed by atoms with van der Waals surface area (Å²) in [6, 6.07) is 12.5. The maximum Gasteiger partial charge on any atom is 0.197 e. The summed E-state index contributed by atoms with van der Waals surface area (Å²) in [4.78, 5) is 19.7. The molecule has 140 valence electrons. The quantitative estimate of drug-likeness (QED) is 0.578. The molecule has 0 saturated carbocycles. The molecule has 2 aromatic carbocycles. The highest BCUT2D eigenvalue weighted by Gasteiger charge is 2.23. The van der Waals surface area contributed by atoms with Gasteiger partial charge < -0.3 is 10.0 Å². The van der Waals surface area contributed by atoms with E-state index in [0.717, 1.165) is 5.82 Å². The first-order chi connectivity index (χ1) is 12.9. The maximum atomic E-state index is 13.3. The lowest BCUT2D eigenvalue weighted by Gasteiger charge is -2.18. The highest BCUT2D eigenvalue weighted by Crippen LogP contribution is 2.30. The number of halogens is 2. The standard InChI is InChI=1S/C20H19BrClN3O2/c1-24(2)11-18-23-10-13(12-26)25(18)17-9-5-7-15(21)19(17)20(27)14-6-3-4-8-16(14)22/h3-10,26H,11-12H2,1-2H3. The molecule has 0 atom stereocenters. The van der Waals surface area contributed by atoms with Gasteiger partial charge in [-0.1, -0.05) is 29.8 Å². The fourth-order valence-corrected chi connectivity index (χ4v) is 3.69. The summed E-state index contributed by atoms with van der Waals surface area (Å²) in [5, 5.41) is 10.2. The van der Waals surface area contributed by atoms with Crippen molar-refractivity contribution < 1.29 is 9.90 Å². The Hall–Kier alpha value is -1.99. The molecular formula is C20H19BrClN3O2. The molecule has 0 aliphatic heterocycles. The smallest absolute Gasteiger partial charge is 0.197 e. The molecule has 1 N–H and O–H groups in total. The Kier molecular flexibility index (Phi) is 6.11. The van der Waals surface area contributed by atoms with E-state index in [9.17, 15) is 9.90 Å². The first-order valence-electron chi connectivity index (χ1n) is 8.33. The Morgan fingerprint density at radius 3 is 2.63 bits per heavy atom. The number of aliphatic hydroxyl groups excluding tert-OH is 1. The van der Waals surface area contributed by atoms with Gasteiger partial charge in [-0.25, -0.2) is 4.98 Å². The van der Waals surface area contributed by atoms with Crippen molar-refractivity contribution in [1.82, 2.24) is 14.5 Å². The van der Waals surface area contributed by atoms with Crippen molar-refractivity contribution in [2.45, 2.75) is 13.2 Å². The van der Waals surface area contributed by atoms with Crippen molar-refractivity contribution >= 4 is 33.3 Å². The average Bonchev–Trinajstić information content (AvgIpc) is 3.03. The molecule has 7 heteroatoms. The maximum absolute atomic E-state index is 13.3. The molecule has 0 amide bonds. The number of rotatable bonds is 6. The van der Waals surface area contributed by atoms with E-state index in [2.05, 4.69) is 20.9 Å². The van der Waals surface area contributed by atoms with Crippen LogP contribution in [0.2, 0.25) is 5.02 Å². The van der Waals surface area contributed by atoms with E-state index in [1.807, 2.05) is 41.8 Å². The lowest BCUT2D eigenvalue weighted by Crippen LogP contribution is -2.18. The number of carbonyl (C=O) groups is 1. The second-order valence-electron chi connectivity index (χ2n) is 6.34. The van der Waals surface area contributed by atoms with E-state index in [4.69, 9.17) is 11.6 Å². The zero-order chi connectivity index (χ0) is 19.6. The molecule has 1 heterocycles. The minimum atomic E-state index is -0.198. The van der Waals surface area contributed by atoms with Crippen LogP contribution in [0.1, 0.15) is 27.4 Å². The molecule has 3 rings (SSSR count). The molecule has 0 fully saturated rings. The molecule has 3 aromatic rings. The summed E-state index contributed by atoms with van der Waals surface area (Å²) >= 11 is 9.76. The van der Waals surface area contributed by atoms with Crippen LogP contribution >= 0.6 is 27.5 Å². The molecule has 0 unspecified atom stereocenters. The van der Waals surface area contributed by atoms with E-state index in [1.54, 1.807) is 30.5 Å². The number of aromatic nitrogens is 2. The summed E-state index contributed by atoms with van der Waals surface area (Å²) in [6.45, 7) is 0.374. The Morgan fingerprint density at radius 1 is 1.22 bits per heavy atom. The zero-order valence-corrected chi connectivity index (χ0v) is 17.3. The van der Waals surface area contributed by atoms with Gasteiger partial charge in [-0.15, -0.1) is 0 Å². The van der Waals surface area contributed by atoms with Crippen LogP contribution in [0.4, 0.5) is 0 Å². The van der Waals surface area contributed by atoms with Gasteiger partial charge in [-0.05, 0) is 54.3 Å². The van der Waals surface area contributed by atoms with Crippen molar-refractivity contribution in [2.75, 3.05) is 14.1 Å². The van der Waals surface area contributed by atoms with Crippen molar-refractivity contribution in [3.8, 4) is 5.69 Å². The largest absolute Gasteiger partial charge is 0.390 e. The zero-order valence-electron chi connectivity index (χ0n) is 15.0. The molecule has 5 nitrogen and oxygen atoms in total. The highest BCUT2D eigenvalue weighted by atomic mass is 79.9. The summed E-state index contributed by atoms with van der Waals surface area (Å²) in [5.74, 6) is 0.534. The number of ketones is 1. The van der Waals surface area contributed by atoms with Crippen LogP contribution in [0.25, 0.3) is 5.69 Å². The van der Waals surface area contributed by atoms with Crippen LogP contribution in [0, 0.1) is 0 Å². The lowest BCUT2D eigenvalue weighted by atomic mass is 10.0. The van der Waals surface area contributed by atoms with E-state index >= 15 is 0 Å². The van der Waals surface area contributed by atoms with Crippen molar-refractivity contribution in [3.05, 3.63) is 80.8 Å². The first-order valence-corrected chi connectivity index (χ1v) is 9.50. The first kappa shape index (κ1) is 19.8. The second-order valence-corrected chi connectivity index (χ2v) is 7.60. The number of hydrogen-bond acceptors (Lipinski definition) is 4. The highest BCUT2D eigenvalue weighted by molar-refractivity contribution is 9.10. The Bertz CT molecular complexity index is 985. The van der Waals surface area contributed by atoms with Gasteiger partial charge in [-0.3, -0.25) is 9.36 Å². The number of carbonyl (C=O) groups excluding carboxylic acids is 1. The van der Waals surface area contributed by atoms with Crippen LogP contribution in [0.15, 0.2) is 53.1 Å². The molecule has 0 spiro atoms. The summed E-state index contributed by atoms with van der Waals surface area (Å²) in [6.07, 6.45) is 1.63. The SMILES string of the molecule is CN(C)Cc1ncc(CO)n1-c1cccc(Br)c1C(=O)c1ccccc1Cl. The van der Waals surface area contributed by atoms with Gasteiger partial charge in [0, 0.05) is 10.0 Å². The minimum Gasteiger partial charge on any atom is -0.390 e. The van der Waals surface area contributed by atoms with E-state index in [-0.39, 0.29) is 12.4 Å². The van der Waals surface area contributed by atoms with Gasteiger partial charge >= 0.3 is 0 Å². The van der Waals surface area contributed by atoms with Gasteiger partial charge in [0.25, 0.3) is 0 Å². The van der Waals surface area contributed by atoms with Crippen LogP contribution in [0.5, 0.6) is 0 Å². The van der Waals surface area contributed by atoms with Crippen molar-refractivity contribution in [1.29, 1.82) is 0 Å². The van der Waals surface area contributed by atoms with Crippen LogP contribution in [-0.4, -0.2) is 39.4 Å². The summed E-state index contributed by atoms with van der Waals surface area (Å²) in [7, 11) is 3.88. The van der Waals surface area contributed by atoms with Gasteiger partial charge in [0.05, 0.1) is 41.3 Å². The van der Waals surface area contributed by atoms with Crippen molar-refractivity contribution in [3.63, 3.8) is 0 Å². The van der Waals surface area contributed by atoms with Crippen LogP contribution < -0.4 is 0 Å². The Balaban J connectivity index is 2.23. The normalized spacial score (nSPS) is 11.2. The third kappa shape index (κ3) is 3.99. The lowest BCUT2D eigenvalue weighted by molar-refractivity contribution is 0.103. The van der Waals surface area contributed by atoms with E-state index < -0.39 is 0 Å². The van der Waals surface area contributed by atoms with Gasteiger partial charge in [0.15, 0.2) is 5.78 Å². The van der Waals surface area contributed by atoms with Crippen LogP contribution in [0.3, 0.4) is 0 Å². The summed E-state index contributed by atoms with van der Waals surface area (Å²) in [5.41, 5.74) is 2.15. The predicted octanol–water partition coefficient (Wildman–Crippen LogP) is 4.07. The number of aliphatic hydroxyl groups is 1. The predicted molar refractivity (Wildman–Crippen MR) is 109 cm³/mol. The van der Waals surface area contributed by atoms with Gasteiger partial charge in [0.1, 0.15) is 5.82 Å². The fraction of sp³-hybridized carbons (Fsp3) is 0.200. The molecule has 0 aliphatic rings. The van der Waals surface area contributed by atoms with Gasteiger partial charge in [0.2, 0.25) is 0 Å². The number of hydrogen-bond donors (Lipinski definition) is 1. The Morgan fingerprint density at radius 2 is 1.96 bits per heavy atom. The van der Waals surface area contributed by atoms with E-state index in [1.165, 1.54) is 0 Å². The minimum absolute atomic E-state index is 0.188. The number of nitrogens with zero attached hydrogens (tertiary/aromatic N) is 3. The molecule has 0 saturated heterocycles. The molecular weight excluding hydrogens is 430 g/mol. The van der Waals surface area contributed by atoms with Crippen molar-refractivity contribution in [2.24, 2.45) is 0 Å². The molecule has 1 aromatic heterocycles. The molecule has 0 aliphatic carbocycles. The van der Waals surface area contributed by atoms with Gasteiger partial charge in [-0.2, -0.15) is 0 Å². The average molecular weight is 449 g/mol. The monoisotopic (exact) mass is 447 g/mol.